The van der Waals surface area contributed by atoms with Gasteiger partial charge in [0.25, 0.3) is 0 Å². The van der Waals surface area contributed by atoms with Crippen LogP contribution in [0.15, 0.2) is 24.3 Å². The van der Waals surface area contributed by atoms with Gasteiger partial charge in [-0.05, 0) is 44.9 Å². The maximum absolute atomic E-state index is 11.4. The van der Waals surface area contributed by atoms with Gasteiger partial charge >= 0.3 is 6.09 Å². The molecule has 0 aliphatic carbocycles. The first-order valence-corrected chi connectivity index (χ1v) is 6.56. The third-order valence-electron chi connectivity index (χ3n) is 2.34. The van der Waals surface area contributed by atoms with Crippen molar-refractivity contribution in [3.05, 3.63) is 34.9 Å². The van der Waals surface area contributed by atoms with E-state index < -0.39 is 17.8 Å². The maximum Gasteiger partial charge on any atom is 0.407 e. The van der Waals surface area contributed by atoms with Crippen molar-refractivity contribution in [3.8, 4) is 0 Å². The Kier molecular flexibility index (Phi) is 5.63. The summed E-state index contributed by atoms with van der Waals surface area (Å²) < 4.78 is 5.09. The predicted octanol–water partition coefficient (Wildman–Crippen LogP) is 3.29. The van der Waals surface area contributed by atoms with Crippen LogP contribution in [0.25, 0.3) is 0 Å². The molecule has 0 saturated heterocycles. The molecule has 1 aromatic rings. The first kappa shape index (κ1) is 15.8. The molecule has 0 heterocycles. The second-order valence-corrected chi connectivity index (χ2v) is 5.72. The molecule has 1 rings (SSSR count). The SMILES string of the molecule is CC(C)(C)OC(=O)NCCC(O)c1ccc(Cl)cc1. The maximum atomic E-state index is 11.4. The standard InChI is InChI=1S/C14H20ClNO3/c1-14(2,3)19-13(18)16-9-8-12(17)10-4-6-11(15)7-5-10/h4-7,12,17H,8-9H2,1-3H3,(H,16,18). The number of hydrogen-bond donors (Lipinski definition) is 2. The fraction of sp³-hybridized carbons (Fsp3) is 0.500. The highest BCUT2D eigenvalue weighted by molar-refractivity contribution is 6.30. The number of rotatable bonds is 4. The Morgan fingerprint density at radius 2 is 1.95 bits per heavy atom. The van der Waals surface area contributed by atoms with Gasteiger partial charge in [0, 0.05) is 11.6 Å². The van der Waals surface area contributed by atoms with Crippen LogP contribution in [-0.4, -0.2) is 23.3 Å². The van der Waals surface area contributed by atoms with Crippen LogP contribution in [0.2, 0.25) is 5.02 Å². The molecule has 0 spiro atoms. The monoisotopic (exact) mass is 285 g/mol. The zero-order valence-electron chi connectivity index (χ0n) is 11.4. The number of nitrogens with one attached hydrogen (secondary N) is 1. The average Bonchev–Trinajstić information content (AvgIpc) is 2.27. The van der Waals surface area contributed by atoms with Crippen LogP contribution < -0.4 is 5.32 Å². The lowest BCUT2D eigenvalue weighted by molar-refractivity contribution is 0.0518. The Morgan fingerprint density at radius 1 is 1.37 bits per heavy atom. The highest BCUT2D eigenvalue weighted by Gasteiger charge is 2.16. The van der Waals surface area contributed by atoms with E-state index in [0.29, 0.717) is 18.0 Å². The van der Waals surface area contributed by atoms with Gasteiger partial charge < -0.3 is 15.2 Å². The van der Waals surface area contributed by atoms with Crippen molar-refractivity contribution in [3.63, 3.8) is 0 Å². The first-order valence-electron chi connectivity index (χ1n) is 6.18. The summed E-state index contributed by atoms with van der Waals surface area (Å²) in [6.45, 7) is 5.75. The highest BCUT2D eigenvalue weighted by atomic mass is 35.5. The van der Waals surface area contributed by atoms with Crippen LogP contribution in [0.1, 0.15) is 38.9 Å². The minimum Gasteiger partial charge on any atom is -0.444 e. The van der Waals surface area contributed by atoms with Gasteiger partial charge in [0.15, 0.2) is 0 Å². The summed E-state index contributed by atoms with van der Waals surface area (Å²) in [5, 5.41) is 13.2. The van der Waals surface area contributed by atoms with Gasteiger partial charge in [-0.1, -0.05) is 23.7 Å². The first-order chi connectivity index (χ1) is 8.78. The predicted molar refractivity (Wildman–Crippen MR) is 75.3 cm³/mol. The molecule has 0 fully saturated rings. The van der Waals surface area contributed by atoms with E-state index in [0.717, 1.165) is 5.56 Å². The number of benzene rings is 1. The van der Waals surface area contributed by atoms with Crippen LogP contribution in [0.4, 0.5) is 4.79 Å². The number of carbonyl (C=O) groups is 1. The highest BCUT2D eigenvalue weighted by Crippen LogP contribution is 2.18. The van der Waals surface area contributed by atoms with Crippen molar-refractivity contribution in [2.24, 2.45) is 0 Å². The fourth-order valence-corrected chi connectivity index (χ4v) is 1.60. The molecule has 1 aromatic carbocycles. The summed E-state index contributed by atoms with van der Waals surface area (Å²) in [5.74, 6) is 0. The lowest BCUT2D eigenvalue weighted by atomic mass is 10.1. The summed E-state index contributed by atoms with van der Waals surface area (Å²) in [6, 6.07) is 6.98. The van der Waals surface area contributed by atoms with E-state index in [1.165, 1.54) is 0 Å². The summed E-state index contributed by atoms with van der Waals surface area (Å²) in [4.78, 5) is 11.4. The number of halogens is 1. The number of aliphatic hydroxyl groups is 1. The molecular formula is C14H20ClNO3. The summed E-state index contributed by atoms with van der Waals surface area (Å²) >= 11 is 5.77. The topological polar surface area (TPSA) is 58.6 Å². The molecule has 0 aliphatic heterocycles. The van der Waals surface area contributed by atoms with E-state index >= 15 is 0 Å². The van der Waals surface area contributed by atoms with E-state index in [2.05, 4.69) is 5.32 Å². The number of carbonyl (C=O) groups excluding carboxylic acids is 1. The summed E-state index contributed by atoms with van der Waals surface area (Å²) in [7, 11) is 0. The molecule has 1 unspecified atom stereocenters. The van der Waals surface area contributed by atoms with Crippen molar-refractivity contribution in [1.82, 2.24) is 5.32 Å². The van der Waals surface area contributed by atoms with E-state index in [-0.39, 0.29) is 0 Å². The van der Waals surface area contributed by atoms with E-state index in [9.17, 15) is 9.90 Å². The molecule has 0 bridgehead atoms. The van der Waals surface area contributed by atoms with Gasteiger partial charge in [-0.25, -0.2) is 4.79 Å². The van der Waals surface area contributed by atoms with Crippen LogP contribution in [0, 0.1) is 0 Å². The number of alkyl carbamates (subject to hydrolysis) is 1. The molecule has 106 valence electrons. The number of hydrogen-bond acceptors (Lipinski definition) is 3. The van der Waals surface area contributed by atoms with Crippen LogP contribution >= 0.6 is 11.6 Å². The second kappa shape index (κ2) is 6.78. The van der Waals surface area contributed by atoms with E-state index in [4.69, 9.17) is 16.3 Å². The van der Waals surface area contributed by atoms with Crippen LogP contribution in [0.5, 0.6) is 0 Å². The number of aliphatic hydroxyl groups excluding tert-OH is 1. The molecule has 0 aliphatic rings. The summed E-state index contributed by atoms with van der Waals surface area (Å²) in [5.41, 5.74) is 0.259. The van der Waals surface area contributed by atoms with E-state index in [1.54, 1.807) is 45.0 Å². The summed E-state index contributed by atoms with van der Waals surface area (Å²) in [6.07, 6.45) is -0.691. The van der Waals surface area contributed by atoms with Crippen molar-refractivity contribution >= 4 is 17.7 Å². The molecule has 2 N–H and O–H groups in total. The minimum atomic E-state index is -0.632. The Bertz CT molecular complexity index is 412. The molecule has 0 saturated carbocycles. The Balaban J connectivity index is 2.33. The van der Waals surface area contributed by atoms with Gasteiger partial charge in [-0.15, -0.1) is 0 Å². The minimum absolute atomic E-state index is 0.346. The largest absolute Gasteiger partial charge is 0.444 e. The zero-order chi connectivity index (χ0) is 14.5. The normalized spacial score (nSPS) is 12.9. The number of amides is 1. The molecule has 5 heteroatoms. The smallest absolute Gasteiger partial charge is 0.407 e. The third kappa shape index (κ3) is 6.45. The zero-order valence-corrected chi connectivity index (χ0v) is 12.2. The van der Waals surface area contributed by atoms with Crippen LogP contribution in [-0.2, 0) is 4.74 Å². The lowest BCUT2D eigenvalue weighted by Gasteiger charge is -2.20. The van der Waals surface area contributed by atoms with Gasteiger partial charge in [0.1, 0.15) is 5.60 Å². The second-order valence-electron chi connectivity index (χ2n) is 5.28. The van der Waals surface area contributed by atoms with Gasteiger partial charge in [-0.3, -0.25) is 0 Å². The quantitative estimate of drug-likeness (QED) is 0.892. The average molecular weight is 286 g/mol. The van der Waals surface area contributed by atoms with Crippen LogP contribution in [0.3, 0.4) is 0 Å². The van der Waals surface area contributed by atoms with E-state index in [1.807, 2.05) is 0 Å². The molecule has 0 radical (unpaired) electrons. The Labute approximate surface area is 118 Å². The van der Waals surface area contributed by atoms with Crippen molar-refractivity contribution in [1.29, 1.82) is 0 Å². The van der Waals surface area contributed by atoms with Gasteiger partial charge in [0.05, 0.1) is 6.10 Å². The molecule has 1 amide bonds. The van der Waals surface area contributed by atoms with Crippen molar-refractivity contribution in [2.75, 3.05) is 6.54 Å². The van der Waals surface area contributed by atoms with Gasteiger partial charge in [-0.2, -0.15) is 0 Å². The van der Waals surface area contributed by atoms with Gasteiger partial charge in [0.2, 0.25) is 0 Å². The third-order valence-corrected chi connectivity index (χ3v) is 2.59. The molecule has 1 atom stereocenters. The van der Waals surface area contributed by atoms with Crippen molar-refractivity contribution in [2.45, 2.75) is 38.9 Å². The number of ether oxygens (including phenoxy) is 1. The Hall–Kier alpha value is -1.26. The fourth-order valence-electron chi connectivity index (χ4n) is 1.48. The Morgan fingerprint density at radius 3 is 2.47 bits per heavy atom. The molecule has 19 heavy (non-hydrogen) atoms. The molecular weight excluding hydrogens is 266 g/mol. The molecule has 4 nitrogen and oxygen atoms in total. The lowest BCUT2D eigenvalue weighted by Crippen LogP contribution is -2.33. The molecule has 0 aromatic heterocycles. The van der Waals surface area contributed by atoms with Crippen molar-refractivity contribution < 1.29 is 14.6 Å².